The van der Waals surface area contributed by atoms with E-state index in [4.69, 9.17) is 10.00 Å². The molecule has 0 aliphatic carbocycles. The van der Waals surface area contributed by atoms with E-state index >= 15 is 0 Å². The van der Waals surface area contributed by atoms with Crippen molar-refractivity contribution in [3.63, 3.8) is 0 Å². The van der Waals surface area contributed by atoms with Crippen LogP contribution < -0.4 is 10.2 Å². The molecule has 5 nitrogen and oxygen atoms in total. The summed E-state index contributed by atoms with van der Waals surface area (Å²) in [5.41, 5.74) is 3.76. The van der Waals surface area contributed by atoms with Crippen molar-refractivity contribution in [3.8, 4) is 11.8 Å². The van der Waals surface area contributed by atoms with E-state index in [2.05, 4.69) is 10.5 Å². The molecule has 1 rings (SSSR count). The number of ether oxygens (including phenoxy) is 1. The van der Waals surface area contributed by atoms with Gasteiger partial charge in [-0.25, -0.2) is 5.43 Å². The number of nitriles is 1. The van der Waals surface area contributed by atoms with Crippen LogP contribution in [0, 0.1) is 11.3 Å². The molecule has 1 aromatic rings. The number of rotatable bonds is 6. The van der Waals surface area contributed by atoms with Gasteiger partial charge in [-0.3, -0.25) is 4.79 Å². The number of para-hydroxylation sites is 1. The fourth-order valence-electron chi connectivity index (χ4n) is 1.41. The van der Waals surface area contributed by atoms with E-state index in [1.54, 1.807) is 24.3 Å². The molecule has 0 saturated carbocycles. The number of benzene rings is 1. The quantitative estimate of drug-likeness (QED) is 0.628. The first-order valence-electron chi connectivity index (χ1n) is 6.17. The largest absolute Gasteiger partial charge is 0.482 e. The van der Waals surface area contributed by atoms with Gasteiger partial charge in [-0.1, -0.05) is 26.0 Å². The topological polar surface area (TPSA) is 74.5 Å². The van der Waals surface area contributed by atoms with E-state index in [9.17, 15) is 4.79 Å². The van der Waals surface area contributed by atoms with Crippen molar-refractivity contribution < 1.29 is 9.53 Å². The first kappa shape index (κ1) is 14.7. The molecule has 0 aliphatic rings. The smallest absolute Gasteiger partial charge is 0.277 e. The molecule has 1 N–H and O–H groups in total. The Morgan fingerprint density at radius 3 is 2.68 bits per heavy atom. The summed E-state index contributed by atoms with van der Waals surface area (Å²) in [7, 11) is 0. The van der Waals surface area contributed by atoms with Gasteiger partial charge in [-0.2, -0.15) is 10.4 Å². The van der Waals surface area contributed by atoms with Crippen LogP contribution in [0.2, 0.25) is 0 Å². The van der Waals surface area contributed by atoms with E-state index in [1.165, 1.54) is 0 Å². The highest BCUT2D eigenvalue weighted by atomic mass is 16.5. The summed E-state index contributed by atoms with van der Waals surface area (Å²) in [5, 5.41) is 12.9. The van der Waals surface area contributed by atoms with Crippen molar-refractivity contribution in [2.75, 3.05) is 6.61 Å². The zero-order valence-electron chi connectivity index (χ0n) is 11.1. The summed E-state index contributed by atoms with van der Waals surface area (Å²) in [5.74, 6) is 0.0579. The lowest BCUT2D eigenvalue weighted by atomic mass is 10.2. The number of carbonyl (C=O) groups is 1. The Balaban J connectivity index is 2.51. The minimum Gasteiger partial charge on any atom is -0.482 e. The number of hydrogen-bond acceptors (Lipinski definition) is 4. The zero-order chi connectivity index (χ0) is 14.1. The summed E-state index contributed by atoms with van der Waals surface area (Å²) in [4.78, 5) is 11.5. The lowest BCUT2D eigenvalue weighted by Gasteiger charge is -2.07. The normalized spacial score (nSPS) is 9.32. The third-order valence-electron chi connectivity index (χ3n) is 2.52. The van der Waals surface area contributed by atoms with Crippen LogP contribution in [0.1, 0.15) is 32.3 Å². The number of nitrogens with one attached hydrogen (secondary N) is 1. The second-order valence-electron chi connectivity index (χ2n) is 3.82. The van der Waals surface area contributed by atoms with Crippen LogP contribution in [0.3, 0.4) is 0 Å². The average Bonchev–Trinajstić information content (AvgIpc) is 2.46. The van der Waals surface area contributed by atoms with Gasteiger partial charge in [0, 0.05) is 5.71 Å². The van der Waals surface area contributed by atoms with Crippen LogP contribution in [0.5, 0.6) is 5.75 Å². The first-order valence-corrected chi connectivity index (χ1v) is 6.17. The van der Waals surface area contributed by atoms with Gasteiger partial charge in [0.1, 0.15) is 11.8 Å². The number of nitrogens with zero attached hydrogens (tertiary/aromatic N) is 2. The van der Waals surface area contributed by atoms with E-state index in [0.29, 0.717) is 11.3 Å². The summed E-state index contributed by atoms with van der Waals surface area (Å²) in [6.45, 7) is 3.80. The fourth-order valence-corrected chi connectivity index (χ4v) is 1.41. The number of hydrogen-bond donors (Lipinski definition) is 1. The molecule has 0 radical (unpaired) electrons. The highest BCUT2D eigenvalue weighted by Crippen LogP contribution is 2.15. The molecular formula is C14H17N3O2. The third kappa shape index (κ3) is 4.80. The zero-order valence-corrected chi connectivity index (χ0v) is 11.1. The van der Waals surface area contributed by atoms with Gasteiger partial charge in [0.2, 0.25) is 0 Å². The van der Waals surface area contributed by atoms with E-state index < -0.39 is 0 Å². The SMILES string of the molecule is CCC(CC)=NNC(=O)COc1ccccc1C#N. The van der Waals surface area contributed by atoms with Crippen molar-refractivity contribution in [1.82, 2.24) is 5.43 Å². The van der Waals surface area contributed by atoms with Crippen LogP contribution in [-0.4, -0.2) is 18.2 Å². The molecular weight excluding hydrogens is 242 g/mol. The molecule has 1 amide bonds. The number of amides is 1. The van der Waals surface area contributed by atoms with Crippen molar-refractivity contribution in [2.24, 2.45) is 5.10 Å². The molecule has 0 unspecified atom stereocenters. The van der Waals surface area contributed by atoms with Gasteiger partial charge < -0.3 is 4.74 Å². The minimum absolute atomic E-state index is 0.164. The van der Waals surface area contributed by atoms with Gasteiger partial charge in [0.05, 0.1) is 5.56 Å². The molecule has 0 saturated heterocycles. The minimum atomic E-state index is -0.341. The number of carbonyl (C=O) groups excluding carboxylic acids is 1. The molecule has 0 spiro atoms. The Labute approximate surface area is 112 Å². The Kier molecular flexibility index (Phi) is 6.10. The summed E-state index contributed by atoms with van der Waals surface area (Å²) in [6.07, 6.45) is 1.60. The van der Waals surface area contributed by atoms with Crippen LogP contribution in [0.4, 0.5) is 0 Å². The second kappa shape index (κ2) is 7.88. The predicted molar refractivity (Wildman–Crippen MR) is 72.8 cm³/mol. The van der Waals surface area contributed by atoms with E-state index in [0.717, 1.165) is 18.6 Å². The molecule has 19 heavy (non-hydrogen) atoms. The van der Waals surface area contributed by atoms with Crippen molar-refractivity contribution in [2.45, 2.75) is 26.7 Å². The molecule has 0 aliphatic heterocycles. The lowest BCUT2D eigenvalue weighted by molar-refractivity contribution is -0.123. The maximum atomic E-state index is 11.5. The Hall–Kier alpha value is -2.35. The van der Waals surface area contributed by atoms with Gasteiger partial charge in [0.25, 0.3) is 5.91 Å². The summed E-state index contributed by atoms with van der Waals surface area (Å²) in [6, 6.07) is 8.78. The molecule has 0 fully saturated rings. The molecule has 5 heteroatoms. The molecule has 0 atom stereocenters. The van der Waals surface area contributed by atoms with E-state index in [-0.39, 0.29) is 12.5 Å². The maximum Gasteiger partial charge on any atom is 0.277 e. The third-order valence-corrected chi connectivity index (χ3v) is 2.52. The standard InChI is InChI=1S/C14H17N3O2/c1-3-12(4-2)16-17-14(18)10-19-13-8-6-5-7-11(13)9-15/h5-8H,3-4,10H2,1-2H3,(H,17,18). The van der Waals surface area contributed by atoms with Crippen LogP contribution >= 0.6 is 0 Å². The highest BCUT2D eigenvalue weighted by Gasteiger charge is 2.05. The maximum absolute atomic E-state index is 11.5. The van der Waals surface area contributed by atoms with Crippen LogP contribution in [0.25, 0.3) is 0 Å². The second-order valence-corrected chi connectivity index (χ2v) is 3.82. The molecule has 0 aromatic heterocycles. The first-order chi connectivity index (χ1) is 9.21. The van der Waals surface area contributed by atoms with Crippen molar-refractivity contribution in [3.05, 3.63) is 29.8 Å². The van der Waals surface area contributed by atoms with Crippen LogP contribution in [-0.2, 0) is 4.79 Å². The predicted octanol–water partition coefficient (Wildman–Crippen LogP) is 2.23. The Morgan fingerprint density at radius 1 is 1.37 bits per heavy atom. The fraction of sp³-hybridized carbons (Fsp3) is 0.357. The molecule has 100 valence electrons. The van der Waals surface area contributed by atoms with Gasteiger partial charge in [-0.05, 0) is 25.0 Å². The lowest BCUT2D eigenvalue weighted by Crippen LogP contribution is -2.25. The molecule has 0 heterocycles. The Bertz CT molecular complexity index is 498. The number of hydrazone groups is 1. The summed E-state index contributed by atoms with van der Waals surface area (Å²) >= 11 is 0. The molecule has 0 bridgehead atoms. The van der Waals surface area contributed by atoms with E-state index in [1.807, 2.05) is 19.9 Å². The monoisotopic (exact) mass is 259 g/mol. The van der Waals surface area contributed by atoms with Gasteiger partial charge in [-0.15, -0.1) is 0 Å². The van der Waals surface area contributed by atoms with Gasteiger partial charge in [0.15, 0.2) is 6.61 Å². The van der Waals surface area contributed by atoms with Crippen LogP contribution in [0.15, 0.2) is 29.4 Å². The Morgan fingerprint density at radius 2 is 2.05 bits per heavy atom. The van der Waals surface area contributed by atoms with Gasteiger partial charge >= 0.3 is 0 Å². The molecule has 1 aromatic carbocycles. The van der Waals surface area contributed by atoms with Crippen molar-refractivity contribution in [1.29, 1.82) is 5.26 Å². The summed E-state index contributed by atoms with van der Waals surface area (Å²) < 4.78 is 5.29. The van der Waals surface area contributed by atoms with Crippen molar-refractivity contribution >= 4 is 11.6 Å². The average molecular weight is 259 g/mol. The highest BCUT2D eigenvalue weighted by molar-refractivity contribution is 5.86.